The lowest BCUT2D eigenvalue weighted by molar-refractivity contribution is 0.304. The Morgan fingerprint density at radius 3 is 2.61 bits per heavy atom. The lowest BCUT2D eigenvalue weighted by Crippen LogP contribution is -1.97. The Morgan fingerprint density at radius 2 is 1.94 bits per heavy atom. The van der Waals surface area contributed by atoms with E-state index in [0.717, 1.165) is 16.9 Å². The van der Waals surface area contributed by atoms with Crippen LogP contribution in [0.4, 0.5) is 4.39 Å². The molecular weight excluding hydrogens is 231 g/mol. The highest BCUT2D eigenvalue weighted by Crippen LogP contribution is 2.19. The molecule has 94 valence electrons. The van der Waals surface area contributed by atoms with Gasteiger partial charge in [-0.15, -0.1) is 0 Å². The minimum absolute atomic E-state index is 0.245. The van der Waals surface area contributed by atoms with Gasteiger partial charge >= 0.3 is 0 Å². The van der Waals surface area contributed by atoms with E-state index in [1.165, 1.54) is 13.2 Å². The molecule has 0 heterocycles. The van der Waals surface area contributed by atoms with Crippen molar-refractivity contribution in [3.05, 3.63) is 59.4 Å². The molecule has 0 N–H and O–H groups in total. The topological polar surface area (TPSA) is 18.5 Å². The molecule has 0 saturated heterocycles. The summed E-state index contributed by atoms with van der Waals surface area (Å²) in [4.78, 5) is 0. The van der Waals surface area contributed by atoms with Gasteiger partial charge in [-0.25, -0.2) is 4.39 Å². The van der Waals surface area contributed by atoms with E-state index in [0.29, 0.717) is 6.61 Å². The van der Waals surface area contributed by atoms with Gasteiger partial charge in [0, 0.05) is 0 Å². The fourth-order valence-corrected chi connectivity index (χ4v) is 1.67. The van der Waals surface area contributed by atoms with Gasteiger partial charge in [0.05, 0.1) is 7.11 Å². The second-order valence-corrected chi connectivity index (χ2v) is 4.07. The summed E-state index contributed by atoms with van der Waals surface area (Å²) >= 11 is 0. The molecule has 0 aliphatic heterocycles. The van der Waals surface area contributed by atoms with Crippen LogP contribution < -0.4 is 9.47 Å². The number of aryl methyl sites for hydroxylation is 1. The quantitative estimate of drug-likeness (QED) is 0.818. The van der Waals surface area contributed by atoms with Crippen LogP contribution in [0.25, 0.3) is 0 Å². The first-order valence-corrected chi connectivity index (χ1v) is 5.71. The summed E-state index contributed by atoms with van der Waals surface area (Å²) in [6, 6.07) is 12.6. The van der Waals surface area contributed by atoms with E-state index in [2.05, 4.69) is 0 Å². The molecule has 18 heavy (non-hydrogen) atoms. The highest BCUT2D eigenvalue weighted by atomic mass is 19.1. The Hall–Kier alpha value is -2.03. The zero-order valence-corrected chi connectivity index (χ0v) is 10.4. The third kappa shape index (κ3) is 3.00. The Bertz CT molecular complexity index is 538. The number of halogens is 1. The van der Waals surface area contributed by atoms with Gasteiger partial charge in [0.2, 0.25) is 0 Å². The van der Waals surface area contributed by atoms with E-state index in [-0.39, 0.29) is 11.6 Å². The van der Waals surface area contributed by atoms with Crippen molar-refractivity contribution in [1.29, 1.82) is 0 Å². The monoisotopic (exact) mass is 246 g/mol. The summed E-state index contributed by atoms with van der Waals surface area (Å²) < 4.78 is 23.9. The van der Waals surface area contributed by atoms with E-state index in [4.69, 9.17) is 9.47 Å². The van der Waals surface area contributed by atoms with Crippen LogP contribution in [0.5, 0.6) is 11.5 Å². The van der Waals surface area contributed by atoms with Gasteiger partial charge in [0.25, 0.3) is 0 Å². The van der Waals surface area contributed by atoms with Crippen LogP contribution in [0.15, 0.2) is 42.5 Å². The zero-order valence-electron chi connectivity index (χ0n) is 10.4. The maximum absolute atomic E-state index is 13.5. The summed E-state index contributed by atoms with van der Waals surface area (Å²) in [6.45, 7) is 2.34. The zero-order chi connectivity index (χ0) is 13.0. The minimum atomic E-state index is -0.372. The van der Waals surface area contributed by atoms with Gasteiger partial charge in [-0.2, -0.15) is 0 Å². The molecule has 0 aliphatic carbocycles. The number of hydrogen-bond acceptors (Lipinski definition) is 2. The largest absolute Gasteiger partial charge is 0.494 e. The van der Waals surface area contributed by atoms with E-state index in [1.807, 2.05) is 31.2 Å². The number of benzene rings is 2. The Labute approximate surface area is 106 Å². The summed E-state index contributed by atoms with van der Waals surface area (Å²) in [5.74, 6) is 0.656. The summed E-state index contributed by atoms with van der Waals surface area (Å²) in [7, 11) is 1.45. The summed E-state index contributed by atoms with van der Waals surface area (Å²) in [5.41, 5.74) is 1.91. The maximum atomic E-state index is 13.5. The van der Waals surface area contributed by atoms with Gasteiger partial charge < -0.3 is 9.47 Å². The fourth-order valence-electron chi connectivity index (χ4n) is 1.67. The third-order valence-electron chi connectivity index (χ3n) is 2.61. The van der Waals surface area contributed by atoms with Crippen molar-refractivity contribution in [1.82, 2.24) is 0 Å². The molecule has 0 unspecified atom stereocenters. The second kappa shape index (κ2) is 5.54. The third-order valence-corrected chi connectivity index (χ3v) is 2.61. The Morgan fingerprint density at radius 1 is 1.11 bits per heavy atom. The summed E-state index contributed by atoms with van der Waals surface area (Å²) in [5, 5.41) is 0. The number of hydrogen-bond donors (Lipinski definition) is 0. The normalized spacial score (nSPS) is 10.2. The molecule has 0 radical (unpaired) electrons. The SMILES string of the molecule is COc1ccc(COc2cccc(C)c2)cc1F. The van der Waals surface area contributed by atoms with Crippen LogP contribution in [-0.4, -0.2) is 7.11 Å². The lowest BCUT2D eigenvalue weighted by Gasteiger charge is -2.08. The van der Waals surface area contributed by atoms with Crippen LogP contribution >= 0.6 is 0 Å². The Kier molecular flexibility index (Phi) is 3.82. The molecule has 3 heteroatoms. The van der Waals surface area contributed by atoms with Crippen LogP contribution in [0, 0.1) is 12.7 Å². The molecule has 0 bridgehead atoms. The molecule has 0 fully saturated rings. The van der Waals surface area contributed by atoms with Gasteiger partial charge in [0.15, 0.2) is 11.6 Å². The first kappa shape index (κ1) is 12.4. The first-order chi connectivity index (χ1) is 8.69. The molecular formula is C15H15FO2. The Balaban J connectivity index is 2.04. The predicted octanol–water partition coefficient (Wildman–Crippen LogP) is 3.72. The van der Waals surface area contributed by atoms with Crippen molar-refractivity contribution in [2.45, 2.75) is 13.5 Å². The molecule has 2 rings (SSSR count). The minimum Gasteiger partial charge on any atom is -0.494 e. The van der Waals surface area contributed by atoms with Crippen LogP contribution in [0.3, 0.4) is 0 Å². The smallest absolute Gasteiger partial charge is 0.165 e. The maximum Gasteiger partial charge on any atom is 0.165 e. The van der Waals surface area contributed by atoms with E-state index in [9.17, 15) is 4.39 Å². The van der Waals surface area contributed by atoms with Crippen molar-refractivity contribution >= 4 is 0 Å². The predicted molar refractivity (Wildman–Crippen MR) is 68.5 cm³/mol. The molecule has 0 saturated carbocycles. The number of rotatable bonds is 4. The lowest BCUT2D eigenvalue weighted by atomic mass is 10.2. The van der Waals surface area contributed by atoms with Gasteiger partial charge in [-0.1, -0.05) is 18.2 Å². The van der Waals surface area contributed by atoms with E-state index >= 15 is 0 Å². The second-order valence-electron chi connectivity index (χ2n) is 4.07. The fraction of sp³-hybridized carbons (Fsp3) is 0.200. The average Bonchev–Trinajstić information content (AvgIpc) is 2.37. The molecule has 2 aromatic carbocycles. The molecule has 0 atom stereocenters. The van der Waals surface area contributed by atoms with Gasteiger partial charge in [-0.05, 0) is 42.3 Å². The van der Waals surface area contributed by atoms with E-state index in [1.54, 1.807) is 12.1 Å². The number of methoxy groups -OCH3 is 1. The van der Waals surface area contributed by atoms with Gasteiger partial charge in [0.1, 0.15) is 12.4 Å². The van der Waals surface area contributed by atoms with Crippen LogP contribution in [0.1, 0.15) is 11.1 Å². The molecule has 0 spiro atoms. The molecule has 0 aromatic heterocycles. The van der Waals surface area contributed by atoms with Crippen molar-refractivity contribution < 1.29 is 13.9 Å². The molecule has 0 amide bonds. The average molecular weight is 246 g/mol. The van der Waals surface area contributed by atoms with Crippen LogP contribution in [-0.2, 0) is 6.61 Å². The summed E-state index contributed by atoms with van der Waals surface area (Å²) in [6.07, 6.45) is 0. The van der Waals surface area contributed by atoms with Crippen molar-refractivity contribution in [2.24, 2.45) is 0 Å². The van der Waals surface area contributed by atoms with Crippen molar-refractivity contribution in [3.63, 3.8) is 0 Å². The molecule has 2 aromatic rings. The van der Waals surface area contributed by atoms with Crippen molar-refractivity contribution in [3.8, 4) is 11.5 Å². The number of ether oxygens (including phenoxy) is 2. The first-order valence-electron chi connectivity index (χ1n) is 5.71. The molecule has 2 nitrogen and oxygen atoms in total. The van der Waals surface area contributed by atoms with Crippen LogP contribution in [0.2, 0.25) is 0 Å². The highest BCUT2D eigenvalue weighted by Gasteiger charge is 2.04. The van der Waals surface area contributed by atoms with Crippen molar-refractivity contribution in [2.75, 3.05) is 7.11 Å². The van der Waals surface area contributed by atoms with E-state index < -0.39 is 0 Å². The van der Waals surface area contributed by atoms with Gasteiger partial charge in [-0.3, -0.25) is 0 Å². The standard InChI is InChI=1S/C15H15FO2/c1-11-4-3-5-13(8-11)18-10-12-6-7-15(17-2)14(16)9-12/h3-9H,10H2,1-2H3. The highest BCUT2D eigenvalue weighted by molar-refractivity contribution is 5.30. The molecule has 0 aliphatic rings.